The number of hydrogen-bond acceptors (Lipinski definition) is 3. The fourth-order valence-electron chi connectivity index (χ4n) is 1.94. The molecule has 0 amide bonds. The first kappa shape index (κ1) is 14.5. The summed E-state index contributed by atoms with van der Waals surface area (Å²) in [6.07, 6.45) is 2.47. The van der Waals surface area contributed by atoms with E-state index in [2.05, 4.69) is 16.5 Å². The third kappa shape index (κ3) is 3.81. The molecule has 2 aromatic rings. The van der Waals surface area contributed by atoms with Crippen molar-refractivity contribution in [3.8, 4) is 5.75 Å². The van der Waals surface area contributed by atoms with Crippen LogP contribution in [0.4, 0.5) is 0 Å². The topological polar surface area (TPSA) is 53.1 Å². The molecule has 0 bridgehead atoms. The van der Waals surface area contributed by atoms with Crippen molar-refractivity contribution in [2.24, 2.45) is 5.73 Å². The SMILES string of the molecule is Cc1ncn(CCOc2ccc(CC(N)=S)cc2)c1C. The Kier molecular flexibility index (Phi) is 4.74. The van der Waals surface area contributed by atoms with Gasteiger partial charge in [0, 0.05) is 12.1 Å². The maximum absolute atomic E-state index is 5.72. The highest BCUT2D eigenvalue weighted by atomic mass is 32.1. The number of ether oxygens (including phenoxy) is 1. The Morgan fingerprint density at radius 2 is 2.00 bits per heavy atom. The summed E-state index contributed by atoms with van der Waals surface area (Å²) in [5.74, 6) is 0.853. The predicted molar refractivity (Wildman–Crippen MR) is 84.1 cm³/mol. The Bertz CT molecular complexity index is 590. The molecule has 0 radical (unpaired) electrons. The molecule has 20 heavy (non-hydrogen) atoms. The van der Waals surface area contributed by atoms with Crippen LogP contribution in [0, 0.1) is 13.8 Å². The van der Waals surface area contributed by atoms with Gasteiger partial charge in [-0.05, 0) is 31.5 Å². The summed E-state index contributed by atoms with van der Waals surface area (Å²) in [7, 11) is 0. The van der Waals surface area contributed by atoms with Gasteiger partial charge in [-0.25, -0.2) is 4.98 Å². The van der Waals surface area contributed by atoms with Crippen LogP contribution >= 0.6 is 12.2 Å². The molecule has 4 nitrogen and oxygen atoms in total. The molecule has 0 saturated carbocycles. The lowest BCUT2D eigenvalue weighted by Crippen LogP contribution is -2.11. The monoisotopic (exact) mass is 289 g/mol. The summed E-state index contributed by atoms with van der Waals surface area (Å²) in [5.41, 5.74) is 8.86. The number of aromatic nitrogens is 2. The van der Waals surface area contributed by atoms with E-state index in [0.717, 1.165) is 23.6 Å². The lowest BCUT2D eigenvalue weighted by Gasteiger charge is -2.09. The first-order chi connectivity index (χ1) is 9.56. The Morgan fingerprint density at radius 3 is 2.55 bits per heavy atom. The van der Waals surface area contributed by atoms with Crippen LogP contribution in [0.5, 0.6) is 5.75 Å². The zero-order valence-electron chi connectivity index (χ0n) is 11.8. The van der Waals surface area contributed by atoms with Gasteiger partial charge < -0.3 is 15.0 Å². The molecule has 5 heteroatoms. The van der Waals surface area contributed by atoms with Crippen LogP contribution in [-0.2, 0) is 13.0 Å². The van der Waals surface area contributed by atoms with E-state index < -0.39 is 0 Å². The van der Waals surface area contributed by atoms with Gasteiger partial charge in [0.1, 0.15) is 12.4 Å². The molecule has 0 saturated heterocycles. The van der Waals surface area contributed by atoms with Crippen molar-refractivity contribution < 1.29 is 4.74 Å². The summed E-state index contributed by atoms with van der Waals surface area (Å²) in [6.45, 7) is 5.48. The lowest BCUT2D eigenvalue weighted by atomic mass is 10.1. The molecule has 2 N–H and O–H groups in total. The highest BCUT2D eigenvalue weighted by Crippen LogP contribution is 2.13. The molecule has 0 fully saturated rings. The second kappa shape index (κ2) is 6.52. The van der Waals surface area contributed by atoms with Crippen molar-refractivity contribution in [3.05, 3.63) is 47.5 Å². The van der Waals surface area contributed by atoms with Crippen LogP contribution < -0.4 is 10.5 Å². The van der Waals surface area contributed by atoms with Gasteiger partial charge in [-0.3, -0.25) is 0 Å². The van der Waals surface area contributed by atoms with E-state index in [1.807, 2.05) is 37.5 Å². The molecular weight excluding hydrogens is 270 g/mol. The minimum Gasteiger partial charge on any atom is -0.492 e. The second-order valence-electron chi connectivity index (χ2n) is 4.74. The second-order valence-corrected chi connectivity index (χ2v) is 5.27. The molecule has 1 heterocycles. The summed E-state index contributed by atoms with van der Waals surface area (Å²) < 4.78 is 7.82. The maximum atomic E-state index is 5.72. The van der Waals surface area contributed by atoms with Crippen LogP contribution in [-0.4, -0.2) is 21.1 Å². The summed E-state index contributed by atoms with van der Waals surface area (Å²) in [6, 6.07) is 7.86. The average Bonchev–Trinajstić information content (AvgIpc) is 2.72. The summed E-state index contributed by atoms with van der Waals surface area (Å²) in [4.78, 5) is 4.77. The number of nitrogens with zero attached hydrogens (tertiary/aromatic N) is 2. The van der Waals surface area contributed by atoms with E-state index in [9.17, 15) is 0 Å². The van der Waals surface area contributed by atoms with E-state index in [-0.39, 0.29) is 0 Å². The van der Waals surface area contributed by atoms with Gasteiger partial charge in [-0.2, -0.15) is 0 Å². The minimum absolute atomic E-state index is 0.504. The van der Waals surface area contributed by atoms with Crippen molar-refractivity contribution in [2.45, 2.75) is 26.8 Å². The molecule has 0 spiro atoms. The van der Waals surface area contributed by atoms with Gasteiger partial charge in [0.15, 0.2) is 0 Å². The standard InChI is InChI=1S/C15H19N3OS/c1-11-12(2)18(10-17-11)7-8-19-14-5-3-13(4-6-14)9-15(16)20/h3-6,10H,7-9H2,1-2H3,(H2,16,20). The highest BCUT2D eigenvalue weighted by molar-refractivity contribution is 7.80. The molecule has 0 aliphatic rings. The van der Waals surface area contributed by atoms with Gasteiger partial charge in [0.25, 0.3) is 0 Å². The van der Waals surface area contributed by atoms with E-state index in [0.29, 0.717) is 18.0 Å². The number of thiocarbonyl (C=S) groups is 1. The van der Waals surface area contributed by atoms with Crippen molar-refractivity contribution in [1.82, 2.24) is 9.55 Å². The number of nitrogens with two attached hydrogens (primary N) is 1. The van der Waals surface area contributed by atoms with Crippen LogP contribution in [0.15, 0.2) is 30.6 Å². The third-order valence-electron chi connectivity index (χ3n) is 3.25. The molecular formula is C15H19N3OS. The molecule has 0 aliphatic heterocycles. The first-order valence-corrected chi connectivity index (χ1v) is 6.95. The summed E-state index contributed by atoms with van der Waals surface area (Å²) in [5, 5.41) is 0. The number of aryl methyl sites for hydroxylation is 1. The Balaban J connectivity index is 1.85. The van der Waals surface area contributed by atoms with Crippen LogP contribution in [0.2, 0.25) is 0 Å². The quantitative estimate of drug-likeness (QED) is 0.830. The molecule has 0 unspecified atom stereocenters. The van der Waals surface area contributed by atoms with Crippen molar-refractivity contribution in [1.29, 1.82) is 0 Å². The van der Waals surface area contributed by atoms with Gasteiger partial charge in [0.05, 0.1) is 23.6 Å². The average molecular weight is 289 g/mol. The third-order valence-corrected chi connectivity index (χ3v) is 3.39. The zero-order chi connectivity index (χ0) is 14.5. The van der Waals surface area contributed by atoms with Crippen molar-refractivity contribution in [2.75, 3.05) is 6.61 Å². The maximum Gasteiger partial charge on any atom is 0.119 e. The Morgan fingerprint density at radius 1 is 1.30 bits per heavy atom. The molecule has 2 rings (SSSR count). The van der Waals surface area contributed by atoms with E-state index in [1.165, 1.54) is 5.69 Å². The van der Waals surface area contributed by atoms with Gasteiger partial charge in [-0.1, -0.05) is 24.4 Å². The van der Waals surface area contributed by atoms with Crippen molar-refractivity contribution in [3.63, 3.8) is 0 Å². The van der Waals surface area contributed by atoms with Crippen LogP contribution in [0.1, 0.15) is 17.0 Å². The molecule has 0 atom stereocenters. The normalized spacial score (nSPS) is 10.5. The fourth-order valence-corrected chi connectivity index (χ4v) is 2.10. The molecule has 106 valence electrons. The minimum atomic E-state index is 0.504. The Hall–Kier alpha value is -1.88. The van der Waals surface area contributed by atoms with Crippen LogP contribution in [0.3, 0.4) is 0 Å². The first-order valence-electron chi connectivity index (χ1n) is 6.54. The molecule has 0 aliphatic carbocycles. The number of hydrogen-bond donors (Lipinski definition) is 1. The molecule has 1 aromatic heterocycles. The van der Waals surface area contributed by atoms with E-state index >= 15 is 0 Å². The number of benzene rings is 1. The van der Waals surface area contributed by atoms with Gasteiger partial charge in [-0.15, -0.1) is 0 Å². The smallest absolute Gasteiger partial charge is 0.119 e. The highest BCUT2D eigenvalue weighted by Gasteiger charge is 2.02. The van der Waals surface area contributed by atoms with E-state index in [1.54, 1.807) is 0 Å². The largest absolute Gasteiger partial charge is 0.492 e. The zero-order valence-corrected chi connectivity index (χ0v) is 12.6. The lowest BCUT2D eigenvalue weighted by molar-refractivity contribution is 0.297. The van der Waals surface area contributed by atoms with Gasteiger partial charge in [0.2, 0.25) is 0 Å². The summed E-state index contributed by atoms with van der Waals surface area (Å²) >= 11 is 4.89. The predicted octanol–water partition coefficient (Wildman–Crippen LogP) is 2.41. The molecule has 1 aromatic carbocycles. The number of imidazole rings is 1. The van der Waals surface area contributed by atoms with Gasteiger partial charge >= 0.3 is 0 Å². The number of rotatable bonds is 6. The van der Waals surface area contributed by atoms with E-state index in [4.69, 9.17) is 22.7 Å². The van der Waals surface area contributed by atoms with Crippen LogP contribution in [0.25, 0.3) is 0 Å². The van der Waals surface area contributed by atoms with Crippen molar-refractivity contribution >= 4 is 17.2 Å². The fraction of sp³-hybridized carbons (Fsp3) is 0.333. The Labute approximate surface area is 124 Å².